The molecular weight excluding hydrogens is 503 g/mol. The van der Waals surface area contributed by atoms with Gasteiger partial charge in [-0.3, -0.25) is 14.6 Å². The van der Waals surface area contributed by atoms with Crippen molar-refractivity contribution in [1.82, 2.24) is 10.3 Å². The van der Waals surface area contributed by atoms with Crippen molar-refractivity contribution in [3.05, 3.63) is 53.4 Å². The van der Waals surface area contributed by atoms with Crippen LogP contribution in [0, 0.1) is 17.6 Å². The topological polar surface area (TPSA) is 89.6 Å². The van der Waals surface area contributed by atoms with Gasteiger partial charge < -0.3 is 20.1 Å². The smallest absolute Gasteiger partial charge is 0.417 e. The molecule has 0 saturated carbocycles. The van der Waals surface area contributed by atoms with E-state index in [-0.39, 0.29) is 11.4 Å². The molecule has 0 aliphatic carbocycles. The SMILES string of the molecule is CNC(=O)c1cc(NC(=O)[C@H]2O[C@@](C)(C(F)(F)F)[C@@H](C)[C@@H]2c2ccc(F)c(F)c2OC(F)F)ccn1. The summed E-state index contributed by atoms with van der Waals surface area (Å²) in [6, 6.07) is 3.66. The molecule has 2 heterocycles. The first-order valence-electron chi connectivity index (χ1n) is 10.4. The summed E-state index contributed by atoms with van der Waals surface area (Å²) in [6.07, 6.45) is -5.89. The third-order valence-electron chi connectivity index (χ3n) is 6.06. The number of nitrogens with one attached hydrogen (secondary N) is 2. The Hall–Kier alpha value is -3.42. The molecule has 3 rings (SSSR count). The first kappa shape index (κ1) is 27.2. The predicted octanol–water partition coefficient (Wildman–Crippen LogP) is 4.40. The Bertz CT molecular complexity index is 1160. The summed E-state index contributed by atoms with van der Waals surface area (Å²) in [7, 11) is 1.33. The number of nitrogens with zero attached hydrogens (tertiary/aromatic N) is 1. The summed E-state index contributed by atoms with van der Waals surface area (Å²) >= 11 is 0. The maximum absolute atomic E-state index is 14.4. The number of alkyl halides is 5. The molecule has 196 valence electrons. The normalized spacial score (nSPS) is 24.0. The van der Waals surface area contributed by atoms with Crippen LogP contribution >= 0.6 is 0 Å². The Labute approximate surface area is 200 Å². The van der Waals surface area contributed by atoms with Crippen LogP contribution in [0.15, 0.2) is 30.5 Å². The van der Waals surface area contributed by atoms with Crippen molar-refractivity contribution in [2.24, 2.45) is 5.92 Å². The molecule has 1 fully saturated rings. The zero-order valence-electron chi connectivity index (χ0n) is 18.9. The van der Waals surface area contributed by atoms with E-state index >= 15 is 0 Å². The molecule has 0 radical (unpaired) electrons. The van der Waals surface area contributed by atoms with E-state index in [0.717, 1.165) is 25.3 Å². The quantitative estimate of drug-likeness (QED) is 0.548. The number of hydrogen-bond donors (Lipinski definition) is 2. The van der Waals surface area contributed by atoms with Gasteiger partial charge >= 0.3 is 12.8 Å². The van der Waals surface area contributed by atoms with E-state index in [0.29, 0.717) is 13.0 Å². The monoisotopic (exact) mass is 523 g/mol. The maximum Gasteiger partial charge on any atom is 0.417 e. The van der Waals surface area contributed by atoms with Crippen molar-refractivity contribution in [3.63, 3.8) is 0 Å². The number of benzene rings is 1. The minimum atomic E-state index is -5.04. The van der Waals surface area contributed by atoms with Gasteiger partial charge in [0.15, 0.2) is 17.2 Å². The number of carbonyl (C=O) groups excluding carboxylic acids is 2. The molecule has 4 atom stereocenters. The van der Waals surface area contributed by atoms with Gasteiger partial charge in [-0.1, -0.05) is 13.0 Å². The minimum Gasteiger partial charge on any atom is -0.431 e. The van der Waals surface area contributed by atoms with E-state index in [1.54, 1.807) is 0 Å². The van der Waals surface area contributed by atoms with Gasteiger partial charge in [0.05, 0.1) is 0 Å². The largest absolute Gasteiger partial charge is 0.431 e. The number of carbonyl (C=O) groups is 2. The van der Waals surface area contributed by atoms with Crippen molar-refractivity contribution in [1.29, 1.82) is 0 Å². The Morgan fingerprint density at radius 3 is 2.44 bits per heavy atom. The van der Waals surface area contributed by atoms with Crippen LogP contribution in [0.2, 0.25) is 0 Å². The van der Waals surface area contributed by atoms with Crippen molar-refractivity contribution in [2.45, 2.75) is 44.3 Å². The van der Waals surface area contributed by atoms with Crippen LogP contribution in [0.25, 0.3) is 0 Å². The highest BCUT2D eigenvalue weighted by Gasteiger charge is 2.66. The van der Waals surface area contributed by atoms with Gasteiger partial charge in [-0.05, 0) is 25.1 Å². The molecule has 1 saturated heterocycles. The van der Waals surface area contributed by atoms with Crippen molar-refractivity contribution < 1.29 is 49.8 Å². The van der Waals surface area contributed by atoms with Crippen LogP contribution in [0.4, 0.5) is 36.4 Å². The van der Waals surface area contributed by atoms with E-state index in [1.165, 1.54) is 13.1 Å². The van der Waals surface area contributed by atoms with E-state index in [4.69, 9.17) is 4.74 Å². The summed E-state index contributed by atoms with van der Waals surface area (Å²) in [5.41, 5.74) is -3.76. The second-order valence-corrected chi connectivity index (χ2v) is 8.11. The fourth-order valence-corrected chi connectivity index (χ4v) is 4.02. The van der Waals surface area contributed by atoms with Crippen molar-refractivity contribution in [3.8, 4) is 5.75 Å². The lowest BCUT2D eigenvalue weighted by Crippen LogP contribution is -2.47. The second kappa shape index (κ2) is 9.91. The third-order valence-corrected chi connectivity index (χ3v) is 6.06. The first-order valence-corrected chi connectivity index (χ1v) is 10.4. The zero-order valence-corrected chi connectivity index (χ0v) is 18.9. The van der Waals surface area contributed by atoms with E-state index in [9.17, 15) is 40.3 Å². The third kappa shape index (κ3) is 4.94. The first-order chi connectivity index (χ1) is 16.7. The summed E-state index contributed by atoms with van der Waals surface area (Å²) in [5, 5.41) is 4.60. The predicted molar refractivity (Wildman–Crippen MR) is 110 cm³/mol. The molecule has 2 amide bonds. The van der Waals surface area contributed by atoms with Gasteiger partial charge in [0.2, 0.25) is 5.82 Å². The lowest BCUT2D eigenvalue weighted by atomic mass is 9.77. The van der Waals surface area contributed by atoms with Gasteiger partial charge in [-0.25, -0.2) is 4.39 Å². The van der Waals surface area contributed by atoms with E-state index in [1.807, 2.05) is 0 Å². The number of pyridine rings is 1. The van der Waals surface area contributed by atoms with Gasteiger partial charge in [0.1, 0.15) is 11.8 Å². The average molecular weight is 523 g/mol. The summed E-state index contributed by atoms with van der Waals surface area (Å²) in [5.74, 6) is -9.89. The van der Waals surface area contributed by atoms with Gasteiger partial charge in [0, 0.05) is 36.3 Å². The molecule has 36 heavy (non-hydrogen) atoms. The second-order valence-electron chi connectivity index (χ2n) is 8.11. The number of rotatable bonds is 6. The van der Waals surface area contributed by atoms with Crippen LogP contribution in [0.1, 0.15) is 35.8 Å². The molecule has 0 unspecified atom stereocenters. The lowest BCUT2D eigenvalue weighted by molar-refractivity contribution is -0.272. The minimum absolute atomic E-state index is 0.0430. The summed E-state index contributed by atoms with van der Waals surface area (Å²) < 4.78 is 105. The highest BCUT2D eigenvalue weighted by molar-refractivity contribution is 5.97. The molecule has 1 aliphatic rings. The van der Waals surface area contributed by atoms with Crippen LogP contribution in [-0.4, -0.2) is 48.3 Å². The number of aromatic nitrogens is 1. The number of amides is 2. The molecule has 1 aromatic heterocycles. The molecular formula is C22H20F7N3O4. The molecule has 1 aromatic carbocycles. The fraction of sp³-hybridized carbons (Fsp3) is 0.409. The van der Waals surface area contributed by atoms with E-state index < -0.39 is 71.1 Å². The highest BCUT2D eigenvalue weighted by atomic mass is 19.4. The number of anilines is 1. The molecule has 14 heteroatoms. The van der Waals surface area contributed by atoms with Gasteiger partial charge in [-0.15, -0.1) is 0 Å². The number of halogens is 7. The van der Waals surface area contributed by atoms with Gasteiger partial charge in [-0.2, -0.15) is 26.3 Å². The number of ether oxygens (including phenoxy) is 2. The molecule has 2 N–H and O–H groups in total. The standard InChI is InChI=1S/C22H20F7N3O4/c1-9-14(11-4-5-12(23)15(24)16(11)35-20(25)26)17(36-21(9,2)22(27,28)29)19(34)32-10-6-7-31-13(8-10)18(33)30-3/h4-9,14,17,20H,1-3H3,(H,30,33)(H,31,32,34)/t9-,14+,17-,21+/m0/s1. The van der Waals surface area contributed by atoms with E-state index in [2.05, 4.69) is 20.4 Å². The van der Waals surface area contributed by atoms with Crippen molar-refractivity contribution >= 4 is 17.5 Å². The Morgan fingerprint density at radius 1 is 1.19 bits per heavy atom. The Kier molecular flexibility index (Phi) is 7.48. The molecule has 2 aromatic rings. The van der Waals surface area contributed by atoms with Crippen LogP contribution < -0.4 is 15.4 Å². The number of hydrogen-bond acceptors (Lipinski definition) is 5. The van der Waals surface area contributed by atoms with Gasteiger partial charge in [0.25, 0.3) is 11.8 Å². The molecule has 7 nitrogen and oxygen atoms in total. The van der Waals surface area contributed by atoms with Crippen molar-refractivity contribution in [2.75, 3.05) is 12.4 Å². The zero-order chi connectivity index (χ0) is 27.0. The Balaban J connectivity index is 2.09. The molecule has 1 aliphatic heterocycles. The van der Waals surface area contributed by atoms with Crippen LogP contribution in [0.5, 0.6) is 5.75 Å². The summed E-state index contributed by atoms with van der Waals surface area (Å²) in [6.45, 7) is -1.95. The molecule has 0 spiro atoms. The van der Waals surface area contributed by atoms with Crippen LogP contribution in [0.3, 0.4) is 0 Å². The average Bonchev–Trinajstić information content (AvgIpc) is 3.08. The maximum atomic E-state index is 14.4. The Morgan fingerprint density at radius 2 is 1.86 bits per heavy atom. The highest BCUT2D eigenvalue weighted by Crippen LogP contribution is 2.55. The lowest BCUT2D eigenvalue weighted by Gasteiger charge is -2.32. The fourth-order valence-electron chi connectivity index (χ4n) is 4.02. The van der Waals surface area contributed by atoms with Crippen LogP contribution in [-0.2, 0) is 9.53 Å². The molecule has 0 bridgehead atoms. The summed E-state index contributed by atoms with van der Waals surface area (Å²) in [4.78, 5) is 28.7.